The Hall–Kier alpha value is -3.67. The summed E-state index contributed by atoms with van der Waals surface area (Å²) in [5.41, 5.74) is 0.792. The molecule has 6 heteroatoms. The number of aromatic nitrogens is 2. The van der Waals surface area contributed by atoms with Crippen molar-refractivity contribution >= 4 is 22.8 Å². The van der Waals surface area contributed by atoms with Gasteiger partial charge in [-0.15, -0.1) is 0 Å². The SMILES string of the molecule is C1=COC/C=c2\ccccc2=Nc2ncnc3ccc(cc23)O/C=C\O1. The van der Waals surface area contributed by atoms with E-state index < -0.39 is 0 Å². The Kier molecular flexibility index (Phi) is 4.56. The van der Waals surface area contributed by atoms with Crippen molar-refractivity contribution in [2.24, 2.45) is 4.99 Å². The van der Waals surface area contributed by atoms with E-state index in [0.717, 1.165) is 21.5 Å². The highest BCUT2D eigenvalue weighted by Gasteiger charge is 2.04. The Bertz CT molecular complexity index is 1110. The van der Waals surface area contributed by atoms with E-state index in [1.54, 1.807) is 0 Å². The lowest BCUT2D eigenvalue weighted by atomic mass is 10.2. The average molecular weight is 345 g/mol. The first kappa shape index (κ1) is 15.8. The van der Waals surface area contributed by atoms with E-state index in [1.165, 1.54) is 31.4 Å². The summed E-state index contributed by atoms with van der Waals surface area (Å²) in [7, 11) is 0. The number of para-hydroxylation sites is 1. The van der Waals surface area contributed by atoms with Gasteiger partial charge in [0.15, 0.2) is 5.82 Å². The summed E-state index contributed by atoms with van der Waals surface area (Å²) in [6, 6.07) is 13.4. The lowest BCUT2D eigenvalue weighted by Crippen LogP contribution is -2.24. The van der Waals surface area contributed by atoms with Gasteiger partial charge in [-0.05, 0) is 35.6 Å². The number of ether oxygens (including phenoxy) is 3. The zero-order valence-corrected chi connectivity index (χ0v) is 13.8. The minimum absolute atomic E-state index is 0.390. The van der Waals surface area contributed by atoms with Crippen LogP contribution in [0.25, 0.3) is 17.0 Å². The summed E-state index contributed by atoms with van der Waals surface area (Å²) in [6.45, 7) is 0.390. The average Bonchev–Trinajstić information content (AvgIpc) is 2.67. The fraction of sp³-hybridized carbons (Fsp3) is 0.0500. The Balaban J connectivity index is 1.93. The quantitative estimate of drug-likeness (QED) is 0.627. The van der Waals surface area contributed by atoms with Gasteiger partial charge in [-0.25, -0.2) is 15.0 Å². The van der Waals surface area contributed by atoms with E-state index in [2.05, 4.69) is 9.97 Å². The van der Waals surface area contributed by atoms with Gasteiger partial charge in [-0.1, -0.05) is 18.2 Å². The molecule has 2 aromatic carbocycles. The molecule has 6 nitrogen and oxygen atoms in total. The Labute approximate surface area is 149 Å². The van der Waals surface area contributed by atoms with Gasteiger partial charge in [0.05, 0.1) is 10.9 Å². The fourth-order valence-corrected chi connectivity index (χ4v) is 2.51. The van der Waals surface area contributed by atoms with Crippen molar-refractivity contribution < 1.29 is 14.2 Å². The van der Waals surface area contributed by atoms with E-state index >= 15 is 0 Å². The molecule has 1 aliphatic heterocycles. The fourth-order valence-electron chi connectivity index (χ4n) is 2.51. The molecule has 0 atom stereocenters. The zero-order valence-electron chi connectivity index (χ0n) is 13.8. The van der Waals surface area contributed by atoms with Crippen LogP contribution in [0.2, 0.25) is 0 Å². The normalized spacial score (nSPS) is 16.2. The van der Waals surface area contributed by atoms with Crippen molar-refractivity contribution in [1.82, 2.24) is 9.97 Å². The molecule has 0 aliphatic carbocycles. The molecule has 1 aliphatic rings. The number of hydrogen-bond donors (Lipinski definition) is 0. The number of fused-ring (bicyclic) bond motifs is 2. The molecule has 4 rings (SSSR count). The van der Waals surface area contributed by atoms with Crippen LogP contribution in [0.1, 0.15) is 0 Å². The second-order valence-electron chi connectivity index (χ2n) is 5.38. The highest BCUT2D eigenvalue weighted by Crippen LogP contribution is 2.25. The number of benzene rings is 2. The van der Waals surface area contributed by atoms with Crippen LogP contribution in [-0.2, 0) is 9.47 Å². The number of nitrogens with zero attached hydrogens (tertiary/aromatic N) is 3. The maximum atomic E-state index is 5.55. The van der Waals surface area contributed by atoms with Crippen molar-refractivity contribution in [3.05, 3.63) is 84.4 Å². The highest BCUT2D eigenvalue weighted by atomic mass is 16.5. The van der Waals surface area contributed by atoms with Crippen LogP contribution in [0.5, 0.6) is 5.75 Å². The third-order valence-corrected chi connectivity index (χ3v) is 3.72. The summed E-state index contributed by atoms with van der Waals surface area (Å²) >= 11 is 0. The lowest BCUT2D eigenvalue weighted by molar-refractivity contribution is 0.275. The molecular weight excluding hydrogens is 330 g/mol. The predicted octanol–water partition coefficient (Wildman–Crippen LogP) is 2.73. The van der Waals surface area contributed by atoms with Crippen molar-refractivity contribution in [2.75, 3.05) is 6.61 Å². The summed E-state index contributed by atoms with van der Waals surface area (Å²) in [5, 5.41) is 2.56. The van der Waals surface area contributed by atoms with Crippen LogP contribution in [0.3, 0.4) is 0 Å². The molecule has 0 N–H and O–H groups in total. The van der Waals surface area contributed by atoms with Crippen LogP contribution < -0.4 is 15.3 Å². The molecule has 128 valence electrons. The van der Waals surface area contributed by atoms with Crippen molar-refractivity contribution in [3.63, 3.8) is 0 Å². The third-order valence-electron chi connectivity index (χ3n) is 3.72. The first-order valence-electron chi connectivity index (χ1n) is 8.03. The molecule has 0 saturated heterocycles. The maximum Gasteiger partial charge on any atom is 0.163 e. The van der Waals surface area contributed by atoms with Gasteiger partial charge in [-0.2, -0.15) is 0 Å². The standard InChI is InChI=1S/C20H15N3O3/c1-2-4-18-15(3-1)7-8-24-9-10-25-11-12-26-16-5-6-19-17(13-16)20(23-18)22-14-21-19/h1-7,9-14H,8H2/b10-9?,12-11-,15-7+,23-18?. The van der Waals surface area contributed by atoms with Crippen LogP contribution in [0.4, 0.5) is 5.82 Å². The molecule has 26 heavy (non-hydrogen) atoms. The smallest absolute Gasteiger partial charge is 0.163 e. The molecule has 0 amide bonds. The summed E-state index contributed by atoms with van der Waals surface area (Å²) in [4.78, 5) is 13.4. The zero-order chi connectivity index (χ0) is 17.6. The minimum atomic E-state index is 0.390. The van der Waals surface area contributed by atoms with Crippen molar-refractivity contribution in [1.29, 1.82) is 0 Å². The van der Waals surface area contributed by atoms with Crippen LogP contribution >= 0.6 is 0 Å². The second kappa shape index (κ2) is 7.48. The third kappa shape index (κ3) is 3.54. The van der Waals surface area contributed by atoms with Gasteiger partial charge < -0.3 is 14.2 Å². The van der Waals surface area contributed by atoms with Gasteiger partial charge >= 0.3 is 0 Å². The Morgan fingerprint density at radius 1 is 0.885 bits per heavy atom. The van der Waals surface area contributed by atoms with Gasteiger partial charge in [0.2, 0.25) is 0 Å². The molecule has 0 radical (unpaired) electrons. The molecule has 0 fully saturated rings. The Morgan fingerprint density at radius 3 is 2.81 bits per heavy atom. The van der Waals surface area contributed by atoms with Crippen LogP contribution in [-0.4, -0.2) is 16.6 Å². The summed E-state index contributed by atoms with van der Waals surface area (Å²) in [5.74, 6) is 1.21. The predicted molar refractivity (Wildman–Crippen MR) is 96.8 cm³/mol. The van der Waals surface area contributed by atoms with Gasteiger partial charge in [0.1, 0.15) is 43.7 Å². The lowest BCUT2D eigenvalue weighted by Gasteiger charge is -2.04. The van der Waals surface area contributed by atoms with Gasteiger partial charge in [0.25, 0.3) is 0 Å². The largest absolute Gasteiger partial charge is 0.494 e. The van der Waals surface area contributed by atoms with Gasteiger partial charge in [-0.3, -0.25) is 0 Å². The molecule has 3 aromatic rings. The minimum Gasteiger partial charge on any atom is -0.494 e. The molecule has 0 saturated carbocycles. The van der Waals surface area contributed by atoms with Crippen LogP contribution in [0, 0.1) is 0 Å². The monoisotopic (exact) mass is 345 g/mol. The Morgan fingerprint density at radius 2 is 1.81 bits per heavy atom. The molecule has 1 aromatic heterocycles. The van der Waals surface area contributed by atoms with E-state index in [4.69, 9.17) is 19.2 Å². The maximum absolute atomic E-state index is 5.55. The summed E-state index contributed by atoms with van der Waals surface area (Å²) in [6.07, 6.45) is 9.22. The van der Waals surface area contributed by atoms with Crippen molar-refractivity contribution in [3.8, 4) is 5.75 Å². The number of hydrogen-bond acceptors (Lipinski definition) is 6. The van der Waals surface area contributed by atoms with Crippen molar-refractivity contribution in [2.45, 2.75) is 0 Å². The topological polar surface area (TPSA) is 65.8 Å². The first-order chi connectivity index (χ1) is 12.9. The molecule has 2 heterocycles. The number of rotatable bonds is 0. The molecule has 2 bridgehead atoms. The van der Waals surface area contributed by atoms with Crippen LogP contribution in [0.15, 0.2) is 78.8 Å². The van der Waals surface area contributed by atoms with E-state index in [0.29, 0.717) is 18.2 Å². The van der Waals surface area contributed by atoms with E-state index in [9.17, 15) is 0 Å². The van der Waals surface area contributed by atoms with E-state index in [-0.39, 0.29) is 0 Å². The second-order valence-corrected chi connectivity index (χ2v) is 5.38. The first-order valence-corrected chi connectivity index (χ1v) is 8.03. The molecule has 0 unspecified atom stereocenters. The summed E-state index contributed by atoms with van der Waals surface area (Å²) < 4.78 is 16.1. The highest BCUT2D eigenvalue weighted by molar-refractivity contribution is 5.88. The molecule has 0 spiro atoms. The van der Waals surface area contributed by atoms with Gasteiger partial charge in [0, 0.05) is 5.39 Å². The molecular formula is C20H15N3O3. The van der Waals surface area contributed by atoms with E-state index in [1.807, 2.05) is 48.5 Å².